The van der Waals surface area contributed by atoms with Gasteiger partial charge in [0.2, 0.25) is 11.8 Å². The molecule has 2 aromatic carbocycles. The second-order valence-corrected chi connectivity index (χ2v) is 8.53. The number of benzene rings is 2. The molecule has 2 rings (SSSR count). The summed E-state index contributed by atoms with van der Waals surface area (Å²) in [5, 5.41) is 2.99. The Morgan fingerprint density at radius 1 is 1.04 bits per heavy atom. The summed E-state index contributed by atoms with van der Waals surface area (Å²) in [6, 6.07) is 15.4. The minimum absolute atomic E-state index is 0.0505. The lowest BCUT2D eigenvalue weighted by atomic mass is 10.0. The molecule has 0 aromatic heterocycles. The first-order valence-corrected chi connectivity index (χ1v) is 9.78. The molecule has 150 valence electrons. The Hall–Kier alpha value is -2.62. The van der Waals surface area contributed by atoms with Crippen LogP contribution in [0.2, 0.25) is 0 Å². The van der Waals surface area contributed by atoms with E-state index in [2.05, 4.69) is 5.32 Å². The molecule has 0 spiro atoms. The van der Waals surface area contributed by atoms with Gasteiger partial charge in [0.25, 0.3) is 0 Å². The Morgan fingerprint density at radius 3 is 2.32 bits per heavy atom. The smallest absolute Gasteiger partial charge is 0.242 e. The van der Waals surface area contributed by atoms with Gasteiger partial charge < -0.3 is 10.2 Å². The lowest BCUT2D eigenvalue weighted by molar-refractivity contribution is -0.140. The third-order valence-corrected chi connectivity index (χ3v) is 4.71. The summed E-state index contributed by atoms with van der Waals surface area (Å²) in [6.45, 7) is 12.1. The van der Waals surface area contributed by atoms with Gasteiger partial charge >= 0.3 is 0 Å². The van der Waals surface area contributed by atoms with E-state index in [1.54, 1.807) is 11.8 Å². The highest BCUT2D eigenvalue weighted by Gasteiger charge is 2.28. The van der Waals surface area contributed by atoms with E-state index in [0.717, 1.165) is 22.3 Å². The van der Waals surface area contributed by atoms with E-state index in [-0.39, 0.29) is 23.8 Å². The van der Waals surface area contributed by atoms with Crippen molar-refractivity contribution in [1.82, 2.24) is 10.2 Å². The molecule has 0 heterocycles. The first-order valence-electron chi connectivity index (χ1n) is 9.78. The van der Waals surface area contributed by atoms with Gasteiger partial charge in [0.05, 0.1) is 6.42 Å². The zero-order chi connectivity index (χ0) is 20.9. The second-order valence-electron chi connectivity index (χ2n) is 8.53. The molecule has 1 N–H and O–H groups in total. The van der Waals surface area contributed by atoms with Gasteiger partial charge in [0.1, 0.15) is 6.04 Å². The summed E-state index contributed by atoms with van der Waals surface area (Å²) in [5.41, 5.74) is 3.89. The maximum atomic E-state index is 13.2. The SMILES string of the molecule is Cc1cccc(CC(=O)N(Cc2ccccc2C)[C@@H](C)C(=O)NC(C)(C)C)c1. The molecule has 4 nitrogen and oxygen atoms in total. The molecule has 0 aliphatic carbocycles. The van der Waals surface area contributed by atoms with E-state index in [4.69, 9.17) is 0 Å². The van der Waals surface area contributed by atoms with Gasteiger partial charge in [-0.05, 0) is 58.2 Å². The molecule has 0 unspecified atom stereocenters. The lowest BCUT2D eigenvalue weighted by Gasteiger charge is -2.32. The minimum atomic E-state index is -0.559. The fourth-order valence-corrected chi connectivity index (χ4v) is 3.13. The standard InChI is InChI=1S/C24H32N2O2/c1-17-10-9-12-20(14-17)15-22(27)26(16-21-13-8-7-11-18(21)2)19(3)23(28)25-24(4,5)6/h7-14,19H,15-16H2,1-6H3,(H,25,28)/t19-/m0/s1. The fraction of sp³-hybridized carbons (Fsp3) is 0.417. The van der Waals surface area contributed by atoms with Gasteiger partial charge in [-0.2, -0.15) is 0 Å². The van der Waals surface area contributed by atoms with Crippen LogP contribution in [0.5, 0.6) is 0 Å². The van der Waals surface area contributed by atoms with Crippen LogP contribution in [-0.2, 0) is 22.6 Å². The predicted octanol–water partition coefficient (Wildman–Crippen LogP) is 4.18. The van der Waals surface area contributed by atoms with Crippen LogP contribution in [0.15, 0.2) is 48.5 Å². The van der Waals surface area contributed by atoms with Crippen LogP contribution < -0.4 is 5.32 Å². The molecule has 4 heteroatoms. The van der Waals surface area contributed by atoms with Crippen LogP contribution in [0.3, 0.4) is 0 Å². The van der Waals surface area contributed by atoms with Crippen molar-refractivity contribution in [2.75, 3.05) is 0 Å². The maximum Gasteiger partial charge on any atom is 0.242 e. The normalized spacial score (nSPS) is 12.4. The number of amides is 2. The Balaban J connectivity index is 2.27. The number of rotatable bonds is 6. The Kier molecular flexibility index (Phi) is 7.00. The number of carbonyl (C=O) groups is 2. The van der Waals surface area contributed by atoms with Crippen molar-refractivity contribution in [3.63, 3.8) is 0 Å². The van der Waals surface area contributed by atoms with Crippen LogP contribution in [0.4, 0.5) is 0 Å². The van der Waals surface area contributed by atoms with Crippen LogP contribution in [0, 0.1) is 13.8 Å². The molecular formula is C24H32N2O2. The predicted molar refractivity (Wildman–Crippen MR) is 114 cm³/mol. The summed E-state index contributed by atoms with van der Waals surface area (Å²) >= 11 is 0. The fourth-order valence-electron chi connectivity index (χ4n) is 3.13. The van der Waals surface area contributed by atoms with Gasteiger partial charge in [0.15, 0.2) is 0 Å². The molecule has 0 saturated carbocycles. The monoisotopic (exact) mass is 380 g/mol. The van der Waals surface area contributed by atoms with Crippen molar-refractivity contribution in [3.8, 4) is 0 Å². The number of nitrogens with one attached hydrogen (secondary N) is 1. The van der Waals surface area contributed by atoms with Crippen molar-refractivity contribution >= 4 is 11.8 Å². The summed E-state index contributed by atoms with van der Waals surface area (Å²) in [5.74, 6) is -0.191. The first-order chi connectivity index (χ1) is 13.1. The van der Waals surface area contributed by atoms with Gasteiger partial charge in [-0.15, -0.1) is 0 Å². The quantitative estimate of drug-likeness (QED) is 0.817. The number of hydrogen-bond donors (Lipinski definition) is 1. The highest BCUT2D eigenvalue weighted by Crippen LogP contribution is 2.16. The molecule has 0 aliphatic heterocycles. The van der Waals surface area contributed by atoms with Crippen molar-refractivity contribution in [2.45, 2.75) is 66.1 Å². The van der Waals surface area contributed by atoms with Crippen molar-refractivity contribution in [3.05, 3.63) is 70.8 Å². The van der Waals surface area contributed by atoms with E-state index in [0.29, 0.717) is 6.54 Å². The van der Waals surface area contributed by atoms with E-state index >= 15 is 0 Å². The highest BCUT2D eigenvalue weighted by atomic mass is 16.2. The van der Waals surface area contributed by atoms with Gasteiger partial charge in [-0.3, -0.25) is 9.59 Å². The van der Waals surface area contributed by atoms with Crippen LogP contribution in [0.25, 0.3) is 0 Å². The van der Waals surface area contributed by atoms with Gasteiger partial charge in [-0.25, -0.2) is 0 Å². The van der Waals surface area contributed by atoms with Crippen LogP contribution in [0.1, 0.15) is 49.9 Å². The maximum absolute atomic E-state index is 13.2. The largest absolute Gasteiger partial charge is 0.350 e. The summed E-state index contributed by atoms with van der Waals surface area (Å²) in [6.07, 6.45) is 0.278. The molecule has 0 bridgehead atoms. The molecule has 0 aliphatic rings. The average molecular weight is 381 g/mol. The van der Waals surface area contributed by atoms with E-state index < -0.39 is 6.04 Å². The molecule has 1 atom stereocenters. The topological polar surface area (TPSA) is 49.4 Å². The minimum Gasteiger partial charge on any atom is -0.350 e. The lowest BCUT2D eigenvalue weighted by Crippen LogP contribution is -2.52. The van der Waals surface area contributed by atoms with Crippen molar-refractivity contribution in [2.24, 2.45) is 0 Å². The first kappa shape index (κ1) is 21.7. The Morgan fingerprint density at radius 2 is 1.71 bits per heavy atom. The molecule has 28 heavy (non-hydrogen) atoms. The molecule has 0 radical (unpaired) electrons. The van der Waals surface area contributed by atoms with Crippen molar-refractivity contribution in [1.29, 1.82) is 0 Å². The van der Waals surface area contributed by atoms with E-state index in [9.17, 15) is 9.59 Å². The number of aryl methyl sites for hydroxylation is 2. The molecule has 0 fully saturated rings. The Bertz CT molecular complexity index is 836. The Labute approximate surface area is 169 Å². The van der Waals surface area contributed by atoms with Gasteiger partial charge in [0, 0.05) is 12.1 Å². The van der Waals surface area contributed by atoms with Gasteiger partial charge in [-0.1, -0.05) is 54.1 Å². The summed E-state index contributed by atoms with van der Waals surface area (Å²) in [4.78, 5) is 27.7. The number of hydrogen-bond acceptors (Lipinski definition) is 2. The van der Waals surface area contributed by atoms with Crippen molar-refractivity contribution < 1.29 is 9.59 Å². The molecular weight excluding hydrogens is 348 g/mol. The third kappa shape index (κ3) is 6.22. The average Bonchev–Trinajstić information content (AvgIpc) is 2.59. The summed E-state index contributed by atoms with van der Waals surface area (Å²) in [7, 11) is 0. The highest BCUT2D eigenvalue weighted by molar-refractivity contribution is 5.88. The van der Waals surface area contributed by atoms with Crippen LogP contribution in [-0.4, -0.2) is 28.3 Å². The zero-order valence-corrected chi connectivity index (χ0v) is 17.9. The summed E-state index contributed by atoms with van der Waals surface area (Å²) < 4.78 is 0. The second kappa shape index (κ2) is 9.05. The molecule has 2 amide bonds. The zero-order valence-electron chi connectivity index (χ0n) is 17.9. The number of nitrogens with zero attached hydrogens (tertiary/aromatic N) is 1. The molecule has 2 aromatic rings. The van der Waals surface area contributed by atoms with E-state index in [1.807, 2.05) is 83.1 Å². The third-order valence-electron chi connectivity index (χ3n) is 4.71. The number of carbonyl (C=O) groups excluding carboxylic acids is 2. The van der Waals surface area contributed by atoms with Crippen LogP contribution >= 0.6 is 0 Å². The molecule has 0 saturated heterocycles. The van der Waals surface area contributed by atoms with E-state index in [1.165, 1.54) is 0 Å².